The second-order valence-corrected chi connectivity index (χ2v) is 2.57. The van der Waals surface area contributed by atoms with Crippen molar-refractivity contribution in [2.45, 2.75) is 5.60 Å². The highest BCUT2D eigenvalue weighted by molar-refractivity contribution is 5.30. The van der Waals surface area contributed by atoms with Crippen molar-refractivity contribution in [3.05, 3.63) is 35.9 Å². The summed E-state index contributed by atoms with van der Waals surface area (Å²) in [7, 11) is 0. The van der Waals surface area contributed by atoms with Gasteiger partial charge in [-0.05, 0) is 5.56 Å². The molecule has 1 atom stereocenters. The Morgan fingerprint density at radius 3 is 2.42 bits per heavy atom. The van der Waals surface area contributed by atoms with Crippen LogP contribution < -0.4 is 5.73 Å². The number of hydrogen-bond donors (Lipinski definition) is 2. The Kier molecular flexibility index (Phi) is 2.49. The van der Waals surface area contributed by atoms with E-state index in [-0.39, 0.29) is 6.54 Å². The van der Waals surface area contributed by atoms with Crippen LogP contribution in [0.4, 0.5) is 0 Å². The maximum atomic E-state index is 9.74. The lowest BCUT2D eigenvalue weighted by molar-refractivity contribution is 0.110. The Bertz CT molecular complexity index is 288. The molecule has 12 heavy (non-hydrogen) atoms. The van der Waals surface area contributed by atoms with Crippen LogP contribution in [0.5, 0.6) is 0 Å². The van der Waals surface area contributed by atoms with E-state index < -0.39 is 5.60 Å². The van der Waals surface area contributed by atoms with Gasteiger partial charge in [0.1, 0.15) is 0 Å². The molecule has 62 valence electrons. The molecule has 2 heteroatoms. The average Bonchev–Trinajstić information content (AvgIpc) is 2.18. The molecule has 0 aromatic heterocycles. The minimum atomic E-state index is -1.32. The Balaban J connectivity index is 3.06. The van der Waals surface area contributed by atoms with Gasteiger partial charge in [0.15, 0.2) is 5.60 Å². The molecule has 0 bridgehead atoms. The molecule has 0 radical (unpaired) electrons. The third-order valence-electron chi connectivity index (χ3n) is 1.79. The molecule has 1 aromatic rings. The van der Waals surface area contributed by atoms with E-state index in [9.17, 15) is 5.11 Å². The van der Waals surface area contributed by atoms with Gasteiger partial charge < -0.3 is 10.8 Å². The lowest BCUT2D eigenvalue weighted by atomic mass is 9.95. The largest absolute Gasteiger partial charge is 0.372 e. The van der Waals surface area contributed by atoms with Crippen LogP contribution in [0.2, 0.25) is 0 Å². The molecule has 0 heterocycles. The third kappa shape index (κ3) is 1.48. The van der Waals surface area contributed by atoms with E-state index in [1.807, 2.05) is 18.2 Å². The van der Waals surface area contributed by atoms with Crippen LogP contribution in [0.3, 0.4) is 0 Å². The van der Waals surface area contributed by atoms with E-state index in [2.05, 4.69) is 5.92 Å². The van der Waals surface area contributed by atoms with Gasteiger partial charge in [-0.25, -0.2) is 0 Å². The number of benzene rings is 1. The quantitative estimate of drug-likeness (QED) is 0.619. The second kappa shape index (κ2) is 3.40. The van der Waals surface area contributed by atoms with E-state index in [4.69, 9.17) is 12.2 Å². The third-order valence-corrected chi connectivity index (χ3v) is 1.79. The highest BCUT2D eigenvalue weighted by atomic mass is 16.3. The van der Waals surface area contributed by atoms with Gasteiger partial charge in [-0.15, -0.1) is 6.42 Å². The molecule has 0 saturated carbocycles. The first-order chi connectivity index (χ1) is 5.73. The molecule has 1 unspecified atom stereocenters. The first-order valence-electron chi connectivity index (χ1n) is 3.68. The number of terminal acetylenes is 1. The van der Waals surface area contributed by atoms with Crippen LogP contribution in [0.25, 0.3) is 0 Å². The van der Waals surface area contributed by atoms with Crippen molar-refractivity contribution in [2.24, 2.45) is 5.73 Å². The van der Waals surface area contributed by atoms with Gasteiger partial charge in [0, 0.05) is 6.54 Å². The zero-order valence-corrected chi connectivity index (χ0v) is 6.70. The molecule has 1 rings (SSSR count). The summed E-state index contributed by atoms with van der Waals surface area (Å²) >= 11 is 0. The highest BCUT2D eigenvalue weighted by Crippen LogP contribution is 2.17. The number of nitrogens with two attached hydrogens (primary N) is 1. The van der Waals surface area contributed by atoms with Gasteiger partial charge >= 0.3 is 0 Å². The Labute approximate surface area is 72.0 Å². The minimum Gasteiger partial charge on any atom is -0.372 e. The van der Waals surface area contributed by atoms with E-state index in [1.165, 1.54) is 0 Å². The van der Waals surface area contributed by atoms with Crippen molar-refractivity contribution < 1.29 is 5.11 Å². The summed E-state index contributed by atoms with van der Waals surface area (Å²) < 4.78 is 0. The topological polar surface area (TPSA) is 46.2 Å². The summed E-state index contributed by atoms with van der Waals surface area (Å²) in [5, 5.41) is 9.74. The van der Waals surface area contributed by atoms with Gasteiger partial charge in [-0.1, -0.05) is 36.3 Å². The zero-order valence-electron chi connectivity index (χ0n) is 6.70. The van der Waals surface area contributed by atoms with Crippen LogP contribution in [0.15, 0.2) is 30.3 Å². The summed E-state index contributed by atoms with van der Waals surface area (Å²) in [4.78, 5) is 0. The second-order valence-electron chi connectivity index (χ2n) is 2.57. The van der Waals surface area contributed by atoms with E-state index in [1.54, 1.807) is 12.1 Å². The predicted molar refractivity (Wildman–Crippen MR) is 48.2 cm³/mol. The minimum absolute atomic E-state index is 0.0352. The molecular weight excluding hydrogens is 150 g/mol. The van der Waals surface area contributed by atoms with E-state index in [0.29, 0.717) is 5.56 Å². The highest BCUT2D eigenvalue weighted by Gasteiger charge is 2.23. The summed E-state index contributed by atoms with van der Waals surface area (Å²) in [5.74, 6) is 2.27. The van der Waals surface area contributed by atoms with Crippen LogP contribution in [0, 0.1) is 12.3 Å². The standard InChI is InChI=1S/C10H11NO/c1-2-10(12,8-11)9-6-4-3-5-7-9/h1,3-7,12H,8,11H2. The molecule has 3 N–H and O–H groups in total. The van der Waals surface area contributed by atoms with Crippen LogP contribution >= 0.6 is 0 Å². The van der Waals surface area contributed by atoms with Gasteiger partial charge in [-0.3, -0.25) is 0 Å². The molecule has 0 fully saturated rings. The SMILES string of the molecule is C#CC(O)(CN)c1ccccc1. The fourth-order valence-corrected chi connectivity index (χ4v) is 0.974. The van der Waals surface area contributed by atoms with Gasteiger partial charge in [0.05, 0.1) is 0 Å². The predicted octanol–water partition coefficient (Wildman–Crippen LogP) is 0.466. The smallest absolute Gasteiger partial charge is 0.162 e. The summed E-state index contributed by atoms with van der Waals surface area (Å²) in [6, 6.07) is 9.00. The van der Waals surface area contributed by atoms with Crippen LogP contribution in [-0.2, 0) is 5.60 Å². The zero-order chi connectivity index (χ0) is 9.03. The van der Waals surface area contributed by atoms with Crippen molar-refractivity contribution >= 4 is 0 Å². The Morgan fingerprint density at radius 1 is 1.42 bits per heavy atom. The summed E-state index contributed by atoms with van der Waals surface area (Å²) in [6.45, 7) is 0.0352. The lowest BCUT2D eigenvalue weighted by Gasteiger charge is -2.19. The number of hydrogen-bond acceptors (Lipinski definition) is 2. The van der Waals surface area contributed by atoms with Gasteiger partial charge in [-0.2, -0.15) is 0 Å². The summed E-state index contributed by atoms with van der Waals surface area (Å²) in [5.41, 5.74) is 4.70. The molecule has 0 aliphatic carbocycles. The molecular formula is C10H11NO. The molecule has 0 spiro atoms. The van der Waals surface area contributed by atoms with Crippen molar-refractivity contribution in [2.75, 3.05) is 6.54 Å². The van der Waals surface area contributed by atoms with Crippen LogP contribution in [-0.4, -0.2) is 11.7 Å². The monoisotopic (exact) mass is 161 g/mol. The fourth-order valence-electron chi connectivity index (χ4n) is 0.974. The normalized spacial score (nSPS) is 14.8. The maximum absolute atomic E-state index is 9.74. The Hall–Kier alpha value is -1.30. The van der Waals surface area contributed by atoms with Crippen molar-refractivity contribution in [1.82, 2.24) is 0 Å². The molecule has 0 aliphatic rings. The lowest BCUT2D eigenvalue weighted by Crippen LogP contribution is -2.32. The molecule has 2 nitrogen and oxygen atoms in total. The molecule has 1 aromatic carbocycles. The molecule has 0 amide bonds. The summed E-state index contributed by atoms with van der Waals surface area (Å²) in [6.07, 6.45) is 5.17. The van der Waals surface area contributed by atoms with E-state index in [0.717, 1.165) is 0 Å². The van der Waals surface area contributed by atoms with Crippen molar-refractivity contribution in [3.63, 3.8) is 0 Å². The van der Waals surface area contributed by atoms with Crippen LogP contribution in [0.1, 0.15) is 5.56 Å². The average molecular weight is 161 g/mol. The van der Waals surface area contributed by atoms with Gasteiger partial charge in [0.2, 0.25) is 0 Å². The number of rotatable bonds is 2. The molecule has 0 aliphatic heterocycles. The fraction of sp³-hybridized carbons (Fsp3) is 0.200. The maximum Gasteiger partial charge on any atom is 0.162 e. The molecule has 0 saturated heterocycles. The number of aliphatic hydroxyl groups is 1. The van der Waals surface area contributed by atoms with Crippen molar-refractivity contribution in [1.29, 1.82) is 0 Å². The first-order valence-corrected chi connectivity index (χ1v) is 3.68. The van der Waals surface area contributed by atoms with Gasteiger partial charge in [0.25, 0.3) is 0 Å². The van der Waals surface area contributed by atoms with E-state index >= 15 is 0 Å². The van der Waals surface area contributed by atoms with Crippen molar-refractivity contribution in [3.8, 4) is 12.3 Å². The first kappa shape index (κ1) is 8.79. The Morgan fingerprint density at radius 2 is 2.00 bits per heavy atom.